The quantitative estimate of drug-likeness (QED) is 0.785. The Morgan fingerprint density at radius 1 is 1.36 bits per heavy atom. The highest BCUT2D eigenvalue weighted by molar-refractivity contribution is 7.23. The summed E-state index contributed by atoms with van der Waals surface area (Å²) in [6, 6.07) is 5.96. The number of pyridine rings is 1. The minimum atomic E-state index is -0.447. The molecule has 0 aliphatic heterocycles. The molecule has 0 aliphatic carbocycles. The summed E-state index contributed by atoms with van der Waals surface area (Å²) >= 11 is 1.46. The number of hydrogen-bond acceptors (Lipinski definition) is 4. The zero-order chi connectivity index (χ0) is 15.7. The number of carbonyl (C=O) groups is 1. The van der Waals surface area contributed by atoms with Crippen LogP contribution in [0.2, 0.25) is 0 Å². The number of ether oxygens (including phenoxy) is 1. The van der Waals surface area contributed by atoms with Crippen molar-refractivity contribution in [3.05, 3.63) is 41.9 Å². The van der Waals surface area contributed by atoms with E-state index in [0.29, 0.717) is 6.61 Å². The number of fused-ring (bicyclic) bond motifs is 1. The molecule has 3 aromatic heterocycles. The van der Waals surface area contributed by atoms with Crippen molar-refractivity contribution in [1.82, 2.24) is 9.55 Å². The Kier molecular flexibility index (Phi) is 3.85. The number of rotatable bonds is 3. The third kappa shape index (κ3) is 2.57. The predicted molar refractivity (Wildman–Crippen MR) is 89.1 cm³/mol. The van der Waals surface area contributed by atoms with Crippen molar-refractivity contribution in [2.45, 2.75) is 20.8 Å². The first kappa shape index (κ1) is 14.6. The van der Waals surface area contributed by atoms with Gasteiger partial charge in [-0.3, -0.25) is 5.32 Å². The van der Waals surface area contributed by atoms with E-state index in [4.69, 9.17) is 4.74 Å². The molecule has 0 atom stereocenters. The molecule has 3 heterocycles. The van der Waals surface area contributed by atoms with Crippen LogP contribution in [0.4, 0.5) is 9.80 Å². The summed E-state index contributed by atoms with van der Waals surface area (Å²) in [5, 5.41) is 4.63. The summed E-state index contributed by atoms with van der Waals surface area (Å²) < 4.78 is 6.99. The van der Waals surface area contributed by atoms with Gasteiger partial charge < -0.3 is 9.30 Å². The molecule has 0 saturated heterocycles. The molecule has 0 radical (unpaired) electrons. The minimum Gasteiger partial charge on any atom is -0.450 e. The van der Waals surface area contributed by atoms with Crippen LogP contribution in [0.5, 0.6) is 0 Å². The van der Waals surface area contributed by atoms with E-state index in [1.54, 1.807) is 6.92 Å². The molecule has 0 saturated carbocycles. The standard InChI is InChI=1S/C16H17N3O2S/c1-4-21-16(20)18-15-13(19-7-5-6-8-19)12-10(2)9-11(3)17-14(12)22-15/h5-9H,4H2,1-3H3,(H,18,20). The number of thiophene rings is 1. The molecule has 0 unspecified atom stereocenters. The molecule has 22 heavy (non-hydrogen) atoms. The Morgan fingerprint density at radius 2 is 2.09 bits per heavy atom. The lowest BCUT2D eigenvalue weighted by Crippen LogP contribution is -2.13. The number of anilines is 1. The molecule has 0 aliphatic rings. The van der Waals surface area contributed by atoms with Gasteiger partial charge in [-0.25, -0.2) is 9.78 Å². The van der Waals surface area contributed by atoms with Gasteiger partial charge in [-0.15, -0.1) is 0 Å². The van der Waals surface area contributed by atoms with Gasteiger partial charge in [0.15, 0.2) is 0 Å². The number of amides is 1. The predicted octanol–water partition coefficient (Wildman–Crippen LogP) is 4.27. The summed E-state index contributed by atoms with van der Waals surface area (Å²) in [6.07, 6.45) is 3.46. The fourth-order valence-corrected chi connectivity index (χ4v) is 3.68. The molecule has 3 rings (SSSR count). The van der Waals surface area contributed by atoms with E-state index in [1.165, 1.54) is 11.3 Å². The van der Waals surface area contributed by atoms with Crippen LogP contribution in [0, 0.1) is 13.8 Å². The highest BCUT2D eigenvalue weighted by Crippen LogP contribution is 2.39. The summed E-state index contributed by atoms with van der Waals surface area (Å²) in [5.41, 5.74) is 3.04. The second kappa shape index (κ2) is 5.81. The lowest BCUT2D eigenvalue weighted by Gasteiger charge is -2.08. The van der Waals surface area contributed by atoms with Gasteiger partial charge in [0.05, 0.1) is 12.3 Å². The second-order valence-electron chi connectivity index (χ2n) is 4.98. The average molecular weight is 315 g/mol. The highest BCUT2D eigenvalue weighted by Gasteiger charge is 2.19. The summed E-state index contributed by atoms with van der Waals surface area (Å²) in [4.78, 5) is 17.3. The Morgan fingerprint density at radius 3 is 2.77 bits per heavy atom. The fraction of sp³-hybridized carbons (Fsp3) is 0.250. The largest absolute Gasteiger partial charge is 0.450 e. The smallest absolute Gasteiger partial charge is 0.412 e. The van der Waals surface area contributed by atoms with Gasteiger partial charge in [0.1, 0.15) is 9.83 Å². The van der Waals surface area contributed by atoms with E-state index in [2.05, 4.69) is 23.3 Å². The van der Waals surface area contributed by atoms with Gasteiger partial charge >= 0.3 is 6.09 Å². The Balaban J connectivity index is 2.20. The van der Waals surface area contributed by atoms with Crippen LogP contribution >= 0.6 is 11.3 Å². The van der Waals surface area contributed by atoms with Crippen molar-refractivity contribution in [2.75, 3.05) is 11.9 Å². The zero-order valence-corrected chi connectivity index (χ0v) is 13.5. The van der Waals surface area contributed by atoms with Crippen molar-refractivity contribution in [1.29, 1.82) is 0 Å². The number of aromatic nitrogens is 2. The number of nitrogens with one attached hydrogen (secondary N) is 1. The molecular formula is C16H17N3O2S. The van der Waals surface area contributed by atoms with Crippen LogP contribution in [0.3, 0.4) is 0 Å². The molecule has 114 valence electrons. The normalized spacial score (nSPS) is 10.9. The zero-order valence-electron chi connectivity index (χ0n) is 12.7. The molecule has 1 N–H and O–H groups in total. The maximum atomic E-state index is 11.8. The van der Waals surface area contributed by atoms with E-state index >= 15 is 0 Å². The van der Waals surface area contributed by atoms with Gasteiger partial charge in [-0.2, -0.15) is 0 Å². The molecule has 0 spiro atoms. The van der Waals surface area contributed by atoms with Crippen LogP contribution in [-0.2, 0) is 4.74 Å². The van der Waals surface area contributed by atoms with E-state index in [9.17, 15) is 4.79 Å². The molecule has 6 heteroatoms. The Labute approximate surface area is 132 Å². The maximum absolute atomic E-state index is 11.8. The van der Waals surface area contributed by atoms with Crippen molar-refractivity contribution in [3.63, 3.8) is 0 Å². The summed E-state index contributed by atoms with van der Waals surface area (Å²) in [7, 11) is 0. The van der Waals surface area contributed by atoms with Crippen LogP contribution < -0.4 is 5.32 Å². The lowest BCUT2D eigenvalue weighted by molar-refractivity contribution is 0.168. The van der Waals surface area contributed by atoms with Crippen molar-refractivity contribution in [3.8, 4) is 5.69 Å². The maximum Gasteiger partial charge on any atom is 0.412 e. The molecule has 0 aromatic carbocycles. The molecule has 3 aromatic rings. The molecule has 5 nitrogen and oxygen atoms in total. The van der Waals surface area contributed by atoms with Crippen LogP contribution in [0.1, 0.15) is 18.2 Å². The Bertz CT molecular complexity index is 822. The van der Waals surface area contributed by atoms with Gasteiger partial charge in [-0.05, 0) is 44.5 Å². The van der Waals surface area contributed by atoms with Gasteiger partial charge in [0.2, 0.25) is 0 Å². The monoisotopic (exact) mass is 315 g/mol. The Hall–Kier alpha value is -2.34. The van der Waals surface area contributed by atoms with Gasteiger partial charge in [0.25, 0.3) is 0 Å². The third-order valence-electron chi connectivity index (χ3n) is 3.32. The second-order valence-corrected chi connectivity index (χ2v) is 5.98. The first-order chi connectivity index (χ1) is 10.6. The first-order valence-electron chi connectivity index (χ1n) is 7.08. The van der Waals surface area contributed by atoms with E-state index < -0.39 is 6.09 Å². The number of aryl methyl sites for hydroxylation is 2. The van der Waals surface area contributed by atoms with E-state index in [1.807, 2.05) is 36.0 Å². The van der Waals surface area contributed by atoms with Crippen LogP contribution in [-0.4, -0.2) is 22.3 Å². The van der Waals surface area contributed by atoms with Crippen molar-refractivity contribution >= 4 is 32.6 Å². The van der Waals surface area contributed by atoms with Crippen LogP contribution in [0.15, 0.2) is 30.6 Å². The molecule has 0 fully saturated rings. The van der Waals surface area contributed by atoms with Crippen molar-refractivity contribution < 1.29 is 9.53 Å². The number of hydrogen-bond donors (Lipinski definition) is 1. The molecule has 0 bridgehead atoms. The molecule has 1 amide bonds. The minimum absolute atomic E-state index is 0.339. The highest BCUT2D eigenvalue weighted by atomic mass is 32.1. The number of carbonyl (C=O) groups excluding carboxylic acids is 1. The lowest BCUT2D eigenvalue weighted by atomic mass is 10.1. The van der Waals surface area contributed by atoms with E-state index in [0.717, 1.165) is 32.2 Å². The topological polar surface area (TPSA) is 56.1 Å². The van der Waals surface area contributed by atoms with Gasteiger partial charge in [0, 0.05) is 23.5 Å². The van der Waals surface area contributed by atoms with Gasteiger partial charge in [-0.1, -0.05) is 11.3 Å². The van der Waals surface area contributed by atoms with E-state index in [-0.39, 0.29) is 0 Å². The van der Waals surface area contributed by atoms with Crippen molar-refractivity contribution in [2.24, 2.45) is 0 Å². The fourth-order valence-electron chi connectivity index (χ4n) is 2.50. The summed E-state index contributed by atoms with van der Waals surface area (Å²) in [5.74, 6) is 0. The SMILES string of the molecule is CCOC(=O)Nc1sc2nc(C)cc(C)c2c1-n1cccc1. The van der Waals surface area contributed by atoms with Crippen LogP contribution in [0.25, 0.3) is 15.9 Å². The first-order valence-corrected chi connectivity index (χ1v) is 7.89. The average Bonchev–Trinajstić information content (AvgIpc) is 3.05. The summed E-state index contributed by atoms with van der Waals surface area (Å²) in [6.45, 7) is 6.16. The number of nitrogens with zero attached hydrogens (tertiary/aromatic N) is 2. The third-order valence-corrected chi connectivity index (χ3v) is 4.30. The molecular weight excluding hydrogens is 298 g/mol.